The zero-order valence-electron chi connectivity index (χ0n) is 16.9. The molecule has 29 heavy (non-hydrogen) atoms. The lowest BCUT2D eigenvalue weighted by Gasteiger charge is -2.27. The summed E-state index contributed by atoms with van der Waals surface area (Å²) in [6.45, 7) is 4.86. The molecule has 0 atom stereocenters. The Balaban J connectivity index is 1.62. The molecule has 154 valence electrons. The van der Waals surface area contributed by atoms with Crippen LogP contribution in [0.25, 0.3) is 11.2 Å². The molecule has 0 amide bonds. The number of anilines is 2. The Morgan fingerprint density at radius 2 is 2.00 bits per heavy atom. The van der Waals surface area contributed by atoms with Gasteiger partial charge in [0.1, 0.15) is 0 Å². The lowest BCUT2D eigenvalue weighted by Crippen LogP contribution is -2.33. The van der Waals surface area contributed by atoms with Crippen LogP contribution in [0.15, 0.2) is 30.6 Å². The van der Waals surface area contributed by atoms with Crippen LogP contribution in [0.1, 0.15) is 51.1 Å². The number of rotatable bonds is 6. The molecule has 0 unspecified atom stereocenters. The molecule has 8 heteroatoms. The molecule has 1 aliphatic rings. The van der Waals surface area contributed by atoms with Crippen molar-refractivity contribution in [1.29, 1.82) is 0 Å². The van der Waals surface area contributed by atoms with Crippen molar-refractivity contribution < 1.29 is 0 Å². The van der Waals surface area contributed by atoms with Crippen LogP contribution >= 0.6 is 11.6 Å². The lowest BCUT2D eigenvalue weighted by molar-refractivity contribution is 0.410. The van der Waals surface area contributed by atoms with Gasteiger partial charge in [-0.25, -0.2) is 4.98 Å². The van der Waals surface area contributed by atoms with E-state index in [4.69, 9.17) is 27.3 Å². The SMILES string of the molecule is CC(C)n1cnc2c(NCc3cccc(Cl)c3)nc(NC3CCC(N)CC3)nc21. The molecule has 2 aromatic heterocycles. The maximum Gasteiger partial charge on any atom is 0.227 e. The van der Waals surface area contributed by atoms with Crippen LogP contribution in [0.4, 0.5) is 11.8 Å². The zero-order valence-corrected chi connectivity index (χ0v) is 17.7. The van der Waals surface area contributed by atoms with Crippen LogP contribution in [-0.4, -0.2) is 31.6 Å². The standard InChI is InChI=1S/C21H28ClN7/c1-13(2)29-12-25-18-19(24-11-14-4-3-5-15(22)10-14)27-21(28-20(18)29)26-17-8-6-16(23)7-9-17/h3-5,10,12-13,16-17H,6-9,11,23H2,1-2H3,(H2,24,26,27,28). The molecule has 1 fully saturated rings. The Morgan fingerprint density at radius 3 is 2.72 bits per heavy atom. The average molecular weight is 414 g/mol. The highest BCUT2D eigenvalue weighted by Crippen LogP contribution is 2.26. The van der Waals surface area contributed by atoms with Gasteiger partial charge in [-0.05, 0) is 57.2 Å². The summed E-state index contributed by atoms with van der Waals surface area (Å²) in [7, 11) is 0. The molecule has 4 N–H and O–H groups in total. The molecule has 0 spiro atoms. The lowest BCUT2D eigenvalue weighted by atomic mass is 9.92. The minimum absolute atomic E-state index is 0.260. The molecule has 1 saturated carbocycles. The fourth-order valence-electron chi connectivity index (χ4n) is 3.76. The van der Waals surface area contributed by atoms with Crippen molar-refractivity contribution in [1.82, 2.24) is 19.5 Å². The van der Waals surface area contributed by atoms with Crippen molar-refractivity contribution in [3.63, 3.8) is 0 Å². The van der Waals surface area contributed by atoms with E-state index in [0.29, 0.717) is 24.6 Å². The number of fused-ring (bicyclic) bond motifs is 1. The van der Waals surface area contributed by atoms with Crippen LogP contribution in [0, 0.1) is 0 Å². The van der Waals surface area contributed by atoms with Gasteiger partial charge in [-0.3, -0.25) is 0 Å². The Kier molecular flexibility index (Phi) is 5.87. The summed E-state index contributed by atoms with van der Waals surface area (Å²) in [5.74, 6) is 1.36. The summed E-state index contributed by atoms with van der Waals surface area (Å²) >= 11 is 6.12. The van der Waals surface area contributed by atoms with E-state index in [1.165, 1.54) is 0 Å². The Morgan fingerprint density at radius 1 is 1.21 bits per heavy atom. The van der Waals surface area contributed by atoms with Crippen LogP contribution in [0.2, 0.25) is 5.02 Å². The number of imidazole rings is 1. The topological polar surface area (TPSA) is 93.7 Å². The molecule has 0 radical (unpaired) electrons. The summed E-state index contributed by atoms with van der Waals surface area (Å²) in [4.78, 5) is 14.1. The van der Waals surface area contributed by atoms with Crippen LogP contribution < -0.4 is 16.4 Å². The summed E-state index contributed by atoms with van der Waals surface area (Å²) in [5, 5.41) is 7.66. The van der Waals surface area contributed by atoms with Gasteiger partial charge in [0.05, 0.1) is 6.33 Å². The van der Waals surface area contributed by atoms with Gasteiger partial charge >= 0.3 is 0 Å². The van der Waals surface area contributed by atoms with E-state index in [-0.39, 0.29) is 6.04 Å². The zero-order chi connectivity index (χ0) is 20.4. The molecular weight excluding hydrogens is 386 g/mol. The van der Waals surface area contributed by atoms with E-state index in [2.05, 4.69) is 34.0 Å². The second kappa shape index (κ2) is 8.55. The third-order valence-corrected chi connectivity index (χ3v) is 5.67. The number of hydrogen-bond acceptors (Lipinski definition) is 6. The first kappa shape index (κ1) is 19.9. The van der Waals surface area contributed by atoms with Gasteiger partial charge < -0.3 is 20.9 Å². The van der Waals surface area contributed by atoms with E-state index in [0.717, 1.165) is 53.3 Å². The van der Waals surface area contributed by atoms with Gasteiger partial charge in [0.15, 0.2) is 17.0 Å². The van der Waals surface area contributed by atoms with Crippen molar-refractivity contribution in [2.24, 2.45) is 5.73 Å². The predicted molar refractivity (Wildman–Crippen MR) is 118 cm³/mol. The minimum Gasteiger partial charge on any atom is -0.364 e. The first-order valence-electron chi connectivity index (χ1n) is 10.2. The monoisotopic (exact) mass is 413 g/mol. The highest BCUT2D eigenvalue weighted by Gasteiger charge is 2.21. The molecule has 2 heterocycles. The van der Waals surface area contributed by atoms with Crippen LogP contribution in [0.5, 0.6) is 0 Å². The molecule has 0 saturated heterocycles. The van der Waals surface area contributed by atoms with Crippen molar-refractivity contribution in [2.45, 2.75) is 64.2 Å². The van der Waals surface area contributed by atoms with E-state index in [1.54, 1.807) is 0 Å². The number of nitrogens with one attached hydrogen (secondary N) is 2. The number of aromatic nitrogens is 4. The van der Waals surface area contributed by atoms with Crippen molar-refractivity contribution >= 4 is 34.5 Å². The fourth-order valence-corrected chi connectivity index (χ4v) is 3.97. The number of halogens is 1. The van der Waals surface area contributed by atoms with Gasteiger partial charge in [-0.1, -0.05) is 23.7 Å². The highest BCUT2D eigenvalue weighted by atomic mass is 35.5. The molecule has 7 nitrogen and oxygen atoms in total. The Hall–Kier alpha value is -2.38. The van der Waals surface area contributed by atoms with Gasteiger partial charge in [-0.2, -0.15) is 9.97 Å². The third kappa shape index (κ3) is 4.62. The van der Waals surface area contributed by atoms with E-state index >= 15 is 0 Å². The van der Waals surface area contributed by atoms with Gasteiger partial charge in [-0.15, -0.1) is 0 Å². The summed E-state index contributed by atoms with van der Waals surface area (Å²) in [5.41, 5.74) is 8.74. The molecule has 3 aromatic rings. The smallest absolute Gasteiger partial charge is 0.227 e. The molecule has 1 aliphatic carbocycles. The van der Waals surface area contributed by atoms with Crippen LogP contribution in [0.3, 0.4) is 0 Å². The second-order valence-corrected chi connectivity index (χ2v) is 8.49. The molecule has 0 bridgehead atoms. The van der Waals surface area contributed by atoms with E-state index in [1.807, 2.05) is 30.6 Å². The van der Waals surface area contributed by atoms with Crippen molar-refractivity contribution in [3.8, 4) is 0 Å². The van der Waals surface area contributed by atoms with Crippen molar-refractivity contribution in [2.75, 3.05) is 10.6 Å². The minimum atomic E-state index is 0.260. The summed E-state index contributed by atoms with van der Waals surface area (Å²) in [6.07, 6.45) is 5.97. The normalized spacial score (nSPS) is 19.6. The van der Waals surface area contributed by atoms with E-state index < -0.39 is 0 Å². The van der Waals surface area contributed by atoms with Gasteiger partial charge in [0.25, 0.3) is 0 Å². The molecule has 4 rings (SSSR count). The average Bonchev–Trinajstić information content (AvgIpc) is 3.12. The summed E-state index contributed by atoms with van der Waals surface area (Å²) in [6, 6.07) is 8.73. The quantitative estimate of drug-likeness (QED) is 0.556. The maximum absolute atomic E-state index is 6.12. The second-order valence-electron chi connectivity index (χ2n) is 8.05. The van der Waals surface area contributed by atoms with Crippen molar-refractivity contribution in [3.05, 3.63) is 41.2 Å². The van der Waals surface area contributed by atoms with Gasteiger partial charge in [0.2, 0.25) is 5.95 Å². The number of hydrogen-bond donors (Lipinski definition) is 3. The number of nitrogens with two attached hydrogens (primary N) is 1. The Labute approximate surface area is 176 Å². The molecular formula is C21H28ClN7. The third-order valence-electron chi connectivity index (χ3n) is 5.43. The first-order chi connectivity index (χ1) is 14.0. The fraction of sp³-hybridized carbons (Fsp3) is 0.476. The largest absolute Gasteiger partial charge is 0.364 e. The van der Waals surface area contributed by atoms with E-state index in [9.17, 15) is 0 Å². The highest BCUT2D eigenvalue weighted by molar-refractivity contribution is 6.30. The molecule has 0 aliphatic heterocycles. The Bertz CT molecular complexity index is 976. The maximum atomic E-state index is 6.12. The predicted octanol–water partition coefficient (Wildman–Crippen LogP) is 4.35. The summed E-state index contributed by atoms with van der Waals surface area (Å²) < 4.78 is 2.07. The molecule has 1 aromatic carbocycles. The van der Waals surface area contributed by atoms with Crippen LogP contribution in [-0.2, 0) is 6.54 Å². The van der Waals surface area contributed by atoms with Gasteiger partial charge in [0, 0.05) is 29.7 Å². The first-order valence-corrected chi connectivity index (χ1v) is 10.6. The number of nitrogens with zero attached hydrogens (tertiary/aromatic N) is 4. The number of benzene rings is 1.